The monoisotopic (exact) mass is 692 g/mol. The highest BCUT2D eigenvalue weighted by atomic mass is 16.7. The zero-order valence-corrected chi connectivity index (χ0v) is 29.9. The number of hydrogen-bond acceptors (Lipinski definition) is 10. The molecule has 6 atom stereocenters. The van der Waals surface area contributed by atoms with E-state index in [1.54, 1.807) is 0 Å². The molecule has 3 unspecified atom stereocenters. The molecule has 0 saturated carbocycles. The molecule has 49 heavy (non-hydrogen) atoms. The number of carbonyl (C=O) groups is 2. The van der Waals surface area contributed by atoms with Crippen LogP contribution in [-0.4, -0.2) is 89.0 Å². The fourth-order valence-corrected chi connectivity index (χ4v) is 5.00. The predicted octanol–water partition coefficient (Wildman–Crippen LogP) is 6.32. The smallest absolute Gasteiger partial charge is 0.306 e. The van der Waals surface area contributed by atoms with Gasteiger partial charge in [0.1, 0.15) is 31.0 Å². The highest BCUT2D eigenvalue weighted by Crippen LogP contribution is 2.22. The van der Waals surface area contributed by atoms with Crippen molar-refractivity contribution in [2.75, 3.05) is 19.8 Å². The molecule has 0 aromatic carbocycles. The summed E-state index contributed by atoms with van der Waals surface area (Å²) in [4.78, 5) is 25.1. The fourth-order valence-electron chi connectivity index (χ4n) is 5.00. The van der Waals surface area contributed by atoms with Crippen LogP contribution in [0.4, 0.5) is 0 Å². The molecule has 1 aliphatic heterocycles. The normalized spacial score (nSPS) is 22.3. The van der Waals surface area contributed by atoms with Crippen LogP contribution in [0.5, 0.6) is 0 Å². The summed E-state index contributed by atoms with van der Waals surface area (Å²) in [6, 6.07) is 0. The van der Waals surface area contributed by atoms with Gasteiger partial charge in [-0.25, -0.2) is 0 Å². The van der Waals surface area contributed by atoms with Crippen molar-refractivity contribution in [2.45, 2.75) is 153 Å². The summed E-state index contributed by atoms with van der Waals surface area (Å²) in [5.74, 6) is -0.874. The Morgan fingerprint density at radius 1 is 0.653 bits per heavy atom. The highest BCUT2D eigenvalue weighted by Gasteiger charge is 2.44. The van der Waals surface area contributed by atoms with Gasteiger partial charge in [0.05, 0.1) is 13.2 Å². The van der Waals surface area contributed by atoms with E-state index in [-0.39, 0.29) is 26.1 Å². The second-order valence-corrected chi connectivity index (χ2v) is 12.4. The third-order valence-corrected chi connectivity index (χ3v) is 7.98. The SMILES string of the molecule is CC/C=C/C=C/C=C/C=C/CCCCCC(=O)OC(COC(=O)CCCCCCC/C=C/CCCC)CO[C@@H]1O[C@H](CO)[C@H](O)C(O)C1O. The van der Waals surface area contributed by atoms with Gasteiger partial charge in [-0.05, 0) is 51.4 Å². The maximum absolute atomic E-state index is 12.6. The molecule has 1 heterocycles. The average molecular weight is 693 g/mol. The van der Waals surface area contributed by atoms with E-state index in [0.717, 1.165) is 64.2 Å². The van der Waals surface area contributed by atoms with Crippen LogP contribution in [0.3, 0.4) is 0 Å². The number of unbranched alkanes of at least 4 members (excludes halogenated alkanes) is 10. The first-order chi connectivity index (χ1) is 23.8. The second-order valence-electron chi connectivity index (χ2n) is 12.4. The third-order valence-electron chi connectivity index (χ3n) is 7.98. The van der Waals surface area contributed by atoms with Crippen LogP contribution >= 0.6 is 0 Å². The lowest BCUT2D eigenvalue weighted by Gasteiger charge is -2.39. The molecule has 0 radical (unpaired) electrons. The predicted molar refractivity (Wildman–Crippen MR) is 191 cm³/mol. The van der Waals surface area contributed by atoms with E-state index in [1.165, 1.54) is 12.8 Å². The molecule has 10 nitrogen and oxygen atoms in total. The van der Waals surface area contributed by atoms with Crippen molar-refractivity contribution in [2.24, 2.45) is 0 Å². The Bertz CT molecular complexity index is 986. The van der Waals surface area contributed by atoms with Gasteiger partial charge >= 0.3 is 11.9 Å². The Morgan fingerprint density at radius 2 is 1.22 bits per heavy atom. The molecule has 280 valence electrons. The summed E-state index contributed by atoms with van der Waals surface area (Å²) in [6.45, 7) is 3.15. The van der Waals surface area contributed by atoms with Crippen molar-refractivity contribution in [1.82, 2.24) is 0 Å². The number of aliphatic hydroxyl groups excluding tert-OH is 4. The number of esters is 2. The second kappa shape index (κ2) is 30.2. The summed E-state index contributed by atoms with van der Waals surface area (Å²) in [6.07, 6.45) is 26.7. The minimum Gasteiger partial charge on any atom is -0.462 e. The molecule has 0 spiro atoms. The lowest BCUT2D eigenvalue weighted by molar-refractivity contribution is -0.305. The van der Waals surface area contributed by atoms with Gasteiger partial charge in [0.2, 0.25) is 0 Å². The molecule has 0 aromatic heterocycles. The first kappa shape index (κ1) is 44.4. The zero-order valence-electron chi connectivity index (χ0n) is 29.9. The first-order valence-corrected chi connectivity index (χ1v) is 18.4. The topological polar surface area (TPSA) is 152 Å². The van der Waals surface area contributed by atoms with Gasteiger partial charge in [-0.1, -0.05) is 113 Å². The molecule has 1 fully saturated rings. The zero-order chi connectivity index (χ0) is 36.0. The van der Waals surface area contributed by atoms with Gasteiger partial charge in [0.15, 0.2) is 12.4 Å². The molecule has 1 rings (SSSR count). The van der Waals surface area contributed by atoms with Gasteiger partial charge < -0.3 is 39.4 Å². The largest absolute Gasteiger partial charge is 0.462 e. The minimum absolute atomic E-state index is 0.179. The fraction of sp³-hybridized carbons (Fsp3) is 0.692. The number of ether oxygens (including phenoxy) is 4. The standard InChI is InChI=1S/C39H64O10/c1-3-5-7-9-11-13-15-16-18-20-22-24-26-28-35(42)48-32(31-47-39-38(45)37(44)36(43)33(29-40)49-39)30-46-34(41)27-25-23-21-19-17-14-12-10-8-6-4-2/h5,7,9-13,15-16,18,32-33,36-40,43-45H,3-4,6,8,14,17,19-31H2,1-2H3/b7-5+,11-9+,12-10+,15-13+,18-16+/t32?,33-,36+,37?,38?,39-/m1/s1. The van der Waals surface area contributed by atoms with Crippen LogP contribution in [0.2, 0.25) is 0 Å². The van der Waals surface area contributed by atoms with Crippen LogP contribution in [-0.2, 0) is 28.5 Å². The van der Waals surface area contributed by atoms with E-state index in [1.807, 2.05) is 36.5 Å². The maximum atomic E-state index is 12.6. The number of carbonyl (C=O) groups excluding carboxylic acids is 2. The van der Waals surface area contributed by atoms with E-state index in [2.05, 4.69) is 38.2 Å². The van der Waals surface area contributed by atoms with E-state index in [0.29, 0.717) is 12.8 Å². The summed E-state index contributed by atoms with van der Waals surface area (Å²) in [5.41, 5.74) is 0. The molecule has 0 aliphatic carbocycles. The first-order valence-electron chi connectivity index (χ1n) is 18.4. The summed E-state index contributed by atoms with van der Waals surface area (Å²) < 4.78 is 21.9. The quantitative estimate of drug-likeness (QED) is 0.0317. The molecule has 4 N–H and O–H groups in total. The molecule has 0 amide bonds. The van der Waals surface area contributed by atoms with E-state index in [4.69, 9.17) is 18.9 Å². The van der Waals surface area contributed by atoms with E-state index < -0.39 is 55.4 Å². The number of aliphatic hydroxyl groups is 4. The lowest BCUT2D eigenvalue weighted by Crippen LogP contribution is -2.59. The van der Waals surface area contributed by atoms with Crippen LogP contribution in [0.25, 0.3) is 0 Å². The molecule has 1 saturated heterocycles. The van der Waals surface area contributed by atoms with Gasteiger partial charge in [0.25, 0.3) is 0 Å². The van der Waals surface area contributed by atoms with Crippen LogP contribution in [0.15, 0.2) is 60.8 Å². The van der Waals surface area contributed by atoms with Gasteiger partial charge in [0, 0.05) is 12.8 Å². The third kappa shape index (κ3) is 22.7. The molecular formula is C39H64O10. The maximum Gasteiger partial charge on any atom is 0.306 e. The molecule has 10 heteroatoms. The summed E-state index contributed by atoms with van der Waals surface area (Å²) in [5, 5.41) is 39.8. The Labute approximate surface area is 294 Å². The number of rotatable bonds is 28. The molecule has 1 aliphatic rings. The van der Waals surface area contributed by atoms with Crippen molar-refractivity contribution in [3.05, 3.63) is 60.8 Å². The van der Waals surface area contributed by atoms with Crippen LogP contribution < -0.4 is 0 Å². The number of hydrogen-bond donors (Lipinski definition) is 4. The van der Waals surface area contributed by atoms with Gasteiger partial charge in [-0.2, -0.15) is 0 Å². The Kier molecular flexibility index (Phi) is 27.4. The highest BCUT2D eigenvalue weighted by molar-refractivity contribution is 5.70. The Balaban J connectivity index is 2.47. The minimum atomic E-state index is -1.60. The average Bonchev–Trinajstić information content (AvgIpc) is 3.10. The van der Waals surface area contributed by atoms with Crippen molar-refractivity contribution < 1.29 is 49.0 Å². The summed E-state index contributed by atoms with van der Waals surface area (Å²) in [7, 11) is 0. The van der Waals surface area contributed by atoms with Crippen LogP contribution in [0, 0.1) is 0 Å². The van der Waals surface area contributed by atoms with Gasteiger partial charge in [-0.3, -0.25) is 9.59 Å². The van der Waals surface area contributed by atoms with Crippen molar-refractivity contribution in [1.29, 1.82) is 0 Å². The Hall–Kier alpha value is -2.60. The van der Waals surface area contributed by atoms with E-state index >= 15 is 0 Å². The molecule has 0 bridgehead atoms. The van der Waals surface area contributed by atoms with Crippen molar-refractivity contribution in [3.63, 3.8) is 0 Å². The van der Waals surface area contributed by atoms with Crippen molar-refractivity contribution in [3.8, 4) is 0 Å². The van der Waals surface area contributed by atoms with Gasteiger partial charge in [-0.15, -0.1) is 0 Å². The molecule has 0 aromatic rings. The summed E-state index contributed by atoms with van der Waals surface area (Å²) >= 11 is 0. The van der Waals surface area contributed by atoms with E-state index in [9.17, 15) is 30.0 Å². The lowest BCUT2D eigenvalue weighted by atomic mass is 9.99. The van der Waals surface area contributed by atoms with Crippen LogP contribution in [0.1, 0.15) is 117 Å². The van der Waals surface area contributed by atoms with Crippen molar-refractivity contribution >= 4 is 11.9 Å². The molecular weight excluding hydrogens is 628 g/mol. The number of allylic oxidation sites excluding steroid dienone is 10. The Morgan fingerprint density at radius 3 is 1.90 bits per heavy atom.